The van der Waals surface area contributed by atoms with Crippen LogP contribution in [0.15, 0.2) is 12.1 Å². The van der Waals surface area contributed by atoms with Crippen LogP contribution in [0.5, 0.6) is 5.75 Å². The third kappa shape index (κ3) is 2.00. The minimum atomic E-state index is 0.221. The lowest BCUT2D eigenvalue weighted by Gasteiger charge is -2.23. The highest BCUT2D eigenvalue weighted by Crippen LogP contribution is 2.31. The molecule has 0 unspecified atom stereocenters. The fraction of sp³-hybridized carbons (Fsp3) is 0.500. The molecular weight excluding hydrogens is 188 g/mol. The lowest BCUT2D eigenvalue weighted by Crippen LogP contribution is -2.14. The van der Waals surface area contributed by atoms with E-state index < -0.39 is 0 Å². The average molecular weight is 208 g/mol. The molecule has 0 atom stereocenters. The lowest BCUT2D eigenvalue weighted by atomic mass is 9.82. The zero-order valence-corrected chi connectivity index (χ0v) is 12.1. The van der Waals surface area contributed by atoms with E-state index in [0.717, 1.165) is 16.2 Å². The van der Waals surface area contributed by atoms with Gasteiger partial charge < -0.3 is 4.43 Å². The van der Waals surface area contributed by atoms with E-state index in [1.807, 2.05) is 0 Å². The second kappa shape index (κ2) is 3.77. The van der Waals surface area contributed by atoms with Gasteiger partial charge in [-0.25, -0.2) is 0 Å². The van der Waals surface area contributed by atoms with Crippen LogP contribution in [0.2, 0.25) is 0 Å². The molecule has 1 rings (SSSR count). The first kappa shape index (κ1) is 11.3. The molecule has 0 fully saturated rings. The highest BCUT2D eigenvalue weighted by Gasteiger charge is 2.18. The van der Waals surface area contributed by atoms with Gasteiger partial charge >= 0.3 is 0 Å². The maximum absolute atomic E-state index is 5.43. The highest BCUT2D eigenvalue weighted by molar-refractivity contribution is 6.00. The Morgan fingerprint density at radius 2 is 1.64 bits per heavy atom. The second-order valence-electron chi connectivity index (χ2n) is 4.82. The van der Waals surface area contributed by atoms with Gasteiger partial charge in [-0.15, -0.1) is 0 Å². The molecule has 0 saturated heterocycles. The molecule has 0 amide bonds. The van der Waals surface area contributed by atoms with Crippen molar-refractivity contribution in [1.82, 2.24) is 0 Å². The van der Waals surface area contributed by atoms with Gasteiger partial charge in [-0.2, -0.15) is 0 Å². The summed E-state index contributed by atoms with van der Waals surface area (Å²) >= 11 is 0. The van der Waals surface area contributed by atoms with Crippen molar-refractivity contribution in [2.45, 2.75) is 40.0 Å². The molecule has 0 radical (unpaired) electrons. The Morgan fingerprint density at radius 1 is 1.07 bits per heavy atom. The van der Waals surface area contributed by atoms with Crippen LogP contribution in [0, 0.1) is 13.8 Å². The molecule has 0 aliphatic heterocycles. The van der Waals surface area contributed by atoms with Crippen molar-refractivity contribution in [2.75, 3.05) is 0 Å². The SMILES string of the molecule is Cc1c(O[SiH3])ccc(C(C)(C)C)c1C. The van der Waals surface area contributed by atoms with Crippen molar-refractivity contribution in [1.29, 1.82) is 0 Å². The Kier molecular flexibility index (Phi) is 3.05. The first-order chi connectivity index (χ1) is 6.38. The second-order valence-corrected chi connectivity index (χ2v) is 5.22. The van der Waals surface area contributed by atoms with E-state index in [4.69, 9.17) is 4.43 Å². The summed E-state index contributed by atoms with van der Waals surface area (Å²) in [6.45, 7) is 11.1. The fourth-order valence-corrected chi connectivity index (χ4v) is 2.27. The van der Waals surface area contributed by atoms with Crippen LogP contribution in [-0.4, -0.2) is 10.5 Å². The van der Waals surface area contributed by atoms with Gasteiger partial charge in [-0.05, 0) is 42.0 Å². The lowest BCUT2D eigenvalue weighted by molar-refractivity contribution is 0.576. The molecule has 0 heterocycles. The standard InChI is InChI=1S/C12H20OSi/c1-8-9(2)11(13-14)7-6-10(8)12(3,4)5/h6-7H,1-5,14H3. The predicted molar refractivity (Wildman–Crippen MR) is 65.2 cm³/mol. The fourth-order valence-electron chi connectivity index (χ4n) is 1.83. The maximum Gasteiger partial charge on any atom is 0.204 e. The van der Waals surface area contributed by atoms with E-state index in [0.29, 0.717) is 0 Å². The summed E-state index contributed by atoms with van der Waals surface area (Å²) in [7, 11) is 0.760. The van der Waals surface area contributed by atoms with E-state index in [1.165, 1.54) is 16.7 Å². The van der Waals surface area contributed by atoms with E-state index in [-0.39, 0.29) is 5.41 Å². The van der Waals surface area contributed by atoms with Gasteiger partial charge in [0.05, 0.1) is 0 Å². The minimum Gasteiger partial charge on any atom is -0.553 e. The van der Waals surface area contributed by atoms with Crippen LogP contribution in [0.4, 0.5) is 0 Å². The van der Waals surface area contributed by atoms with Crippen molar-refractivity contribution in [3.05, 3.63) is 28.8 Å². The Hall–Kier alpha value is -0.763. The molecule has 2 heteroatoms. The van der Waals surface area contributed by atoms with Crippen LogP contribution >= 0.6 is 0 Å². The van der Waals surface area contributed by atoms with E-state index in [1.54, 1.807) is 0 Å². The molecule has 1 nitrogen and oxygen atoms in total. The highest BCUT2D eigenvalue weighted by atomic mass is 28.2. The van der Waals surface area contributed by atoms with Crippen LogP contribution in [-0.2, 0) is 5.41 Å². The average Bonchev–Trinajstić information content (AvgIpc) is 2.07. The summed E-state index contributed by atoms with van der Waals surface area (Å²) in [6.07, 6.45) is 0. The van der Waals surface area contributed by atoms with Gasteiger partial charge in [0.25, 0.3) is 0 Å². The Labute approximate surface area is 90.0 Å². The molecular formula is C12H20OSi. The molecule has 0 spiro atoms. The zero-order chi connectivity index (χ0) is 10.9. The molecule has 0 aromatic heterocycles. The zero-order valence-electron chi connectivity index (χ0n) is 10.1. The number of benzene rings is 1. The van der Waals surface area contributed by atoms with Crippen molar-refractivity contribution < 1.29 is 4.43 Å². The Morgan fingerprint density at radius 3 is 2.07 bits per heavy atom. The Bertz CT molecular complexity index is 337. The largest absolute Gasteiger partial charge is 0.553 e. The first-order valence-electron chi connectivity index (χ1n) is 5.02. The van der Waals surface area contributed by atoms with E-state index >= 15 is 0 Å². The van der Waals surface area contributed by atoms with Crippen LogP contribution in [0.1, 0.15) is 37.5 Å². The van der Waals surface area contributed by atoms with E-state index in [9.17, 15) is 0 Å². The van der Waals surface area contributed by atoms with Crippen molar-refractivity contribution in [3.8, 4) is 5.75 Å². The number of hydrogen-bond acceptors (Lipinski definition) is 1. The number of rotatable bonds is 1. The molecule has 78 valence electrons. The molecule has 0 saturated carbocycles. The van der Waals surface area contributed by atoms with Crippen LogP contribution < -0.4 is 4.43 Å². The summed E-state index contributed by atoms with van der Waals surface area (Å²) in [6, 6.07) is 4.28. The summed E-state index contributed by atoms with van der Waals surface area (Å²) in [4.78, 5) is 0. The summed E-state index contributed by atoms with van der Waals surface area (Å²) in [5.74, 6) is 1.04. The molecule has 0 aliphatic carbocycles. The van der Waals surface area contributed by atoms with Gasteiger partial charge in [0, 0.05) is 0 Å². The molecule has 1 aromatic carbocycles. The van der Waals surface area contributed by atoms with Crippen LogP contribution in [0.25, 0.3) is 0 Å². The van der Waals surface area contributed by atoms with Gasteiger partial charge in [0.15, 0.2) is 0 Å². The monoisotopic (exact) mass is 208 g/mol. The first-order valence-corrected chi connectivity index (χ1v) is 5.84. The molecule has 1 aromatic rings. The van der Waals surface area contributed by atoms with Gasteiger partial charge in [-0.3, -0.25) is 0 Å². The summed E-state index contributed by atoms with van der Waals surface area (Å²) in [5, 5.41) is 0. The van der Waals surface area contributed by atoms with Gasteiger partial charge in [0.2, 0.25) is 10.5 Å². The maximum atomic E-state index is 5.43. The summed E-state index contributed by atoms with van der Waals surface area (Å²) in [5.41, 5.74) is 4.29. The minimum absolute atomic E-state index is 0.221. The third-order valence-corrected chi connectivity index (χ3v) is 3.21. The molecule has 0 aliphatic rings. The van der Waals surface area contributed by atoms with Gasteiger partial charge in [-0.1, -0.05) is 26.8 Å². The van der Waals surface area contributed by atoms with Gasteiger partial charge in [0.1, 0.15) is 5.75 Å². The van der Waals surface area contributed by atoms with Crippen molar-refractivity contribution in [3.63, 3.8) is 0 Å². The van der Waals surface area contributed by atoms with Crippen molar-refractivity contribution in [2.24, 2.45) is 0 Å². The number of hydrogen-bond donors (Lipinski definition) is 0. The quantitative estimate of drug-likeness (QED) is 0.643. The predicted octanol–water partition coefficient (Wildman–Crippen LogP) is 2.26. The molecule has 0 bridgehead atoms. The van der Waals surface area contributed by atoms with E-state index in [2.05, 4.69) is 46.8 Å². The third-order valence-electron chi connectivity index (χ3n) is 2.77. The molecule has 0 N–H and O–H groups in total. The molecule has 14 heavy (non-hydrogen) atoms. The Balaban J connectivity index is 3.31. The smallest absolute Gasteiger partial charge is 0.204 e. The topological polar surface area (TPSA) is 9.23 Å². The normalized spacial score (nSPS) is 11.8. The summed E-state index contributed by atoms with van der Waals surface area (Å²) < 4.78 is 5.43. The van der Waals surface area contributed by atoms with Crippen molar-refractivity contribution >= 4 is 10.5 Å². The van der Waals surface area contributed by atoms with Crippen LogP contribution in [0.3, 0.4) is 0 Å².